The molecule has 0 fully saturated rings. The Labute approximate surface area is 119 Å². The predicted molar refractivity (Wildman–Crippen MR) is 79.8 cm³/mol. The first-order valence-electron chi connectivity index (χ1n) is 6.40. The molecular weight excluding hydrogens is 248 g/mol. The lowest BCUT2D eigenvalue weighted by atomic mass is 10.1. The highest BCUT2D eigenvalue weighted by atomic mass is 16.1. The highest BCUT2D eigenvalue weighted by molar-refractivity contribution is 5.84. The minimum atomic E-state index is 0.649. The Morgan fingerprint density at radius 2 is 2.05 bits per heavy atom. The van der Waals surface area contributed by atoms with Gasteiger partial charge in [0, 0.05) is 24.8 Å². The van der Waals surface area contributed by atoms with E-state index in [1.165, 1.54) is 0 Å². The van der Waals surface area contributed by atoms with Gasteiger partial charge in [0.05, 0.1) is 11.6 Å². The molecule has 0 aliphatic heterocycles. The van der Waals surface area contributed by atoms with Gasteiger partial charge < -0.3 is 4.90 Å². The third-order valence-electron chi connectivity index (χ3n) is 3.20. The first-order chi connectivity index (χ1) is 9.63. The Hall–Kier alpha value is -2.60. The fourth-order valence-electron chi connectivity index (χ4n) is 2.21. The van der Waals surface area contributed by atoms with Crippen LogP contribution in [0.3, 0.4) is 0 Å². The Kier molecular flexibility index (Phi) is 4.17. The van der Waals surface area contributed by atoms with Crippen LogP contribution in [0.5, 0.6) is 0 Å². The van der Waals surface area contributed by atoms with Crippen LogP contribution < -0.4 is 4.90 Å². The molecule has 0 unspecified atom stereocenters. The first kappa shape index (κ1) is 13.8. The number of hydrogen-bond donors (Lipinski definition) is 0. The molecule has 2 aromatic carbocycles. The van der Waals surface area contributed by atoms with Crippen molar-refractivity contribution in [1.82, 2.24) is 0 Å². The zero-order valence-corrected chi connectivity index (χ0v) is 11.6. The second-order valence-corrected chi connectivity index (χ2v) is 4.85. The summed E-state index contributed by atoms with van der Waals surface area (Å²) in [5.41, 5.74) is 4.34. The van der Waals surface area contributed by atoms with Crippen LogP contribution >= 0.6 is 0 Å². The number of benzene rings is 2. The number of rotatable bonds is 4. The van der Waals surface area contributed by atoms with E-state index in [-0.39, 0.29) is 0 Å². The van der Waals surface area contributed by atoms with Gasteiger partial charge in [-0.1, -0.05) is 23.8 Å². The summed E-state index contributed by atoms with van der Waals surface area (Å²) in [5, 5.41) is 8.92. The first-order valence-corrected chi connectivity index (χ1v) is 6.40. The van der Waals surface area contributed by atoms with Gasteiger partial charge in [-0.15, -0.1) is 0 Å². The fourth-order valence-corrected chi connectivity index (χ4v) is 2.21. The van der Waals surface area contributed by atoms with E-state index in [1.807, 2.05) is 55.3 Å². The van der Waals surface area contributed by atoms with Crippen LogP contribution in [0.2, 0.25) is 0 Å². The molecule has 0 aliphatic rings. The second kappa shape index (κ2) is 6.03. The van der Waals surface area contributed by atoms with E-state index >= 15 is 0 Å². The Bertz CT molecular complexity index is 671. The van der Waals surface area contributed by atoms with Crippen LogP contribution in [-0.4, -0.2) is 13.3 Å². The molecule has 0 aromatic heterocycles. The van der Waals surface area contributed by atoms with Crippen molar-refractivity contribution >= 4 is 12.0 Å². The van der Waals surface area contributed by atoms with E-state index in [4.69, 9.17) is 5.26 Å². The summed E-state index contributed by atoms with van der Waals surface area (Å²) in [6.45, 7) is 2.62. The van der Waals surface area contributed by atoms with Crippen LogP contribution in [0.4, 0.5) is 5.69 Å². The molecule has 0 radical (unpaired) electrons. The summed E-state index contributed by atoms with van der Waals surface area (Å²) in [5.74, 6) is 0. The van der Waals surface area contributed by atoms with E-state index in [0.717, 1.165) is 23.1 Å². The lowest BCUT2D eigenvalue weighted by Gasteiger charge is -2.21. The van der Waals surface area contributed by atoms with Crippen molar-refractivity contribution in [3.05, 3.63) is 64.7 Å². The van der Waals surface area contributed by atoms with Gasteiger partial charge in [-0.2, -0.15) is 5.26 Å². The molecule has 0 saturated heterocycles. The van der Waals surface area contributed by atoms with E-state index in [0.29, 0.717) is 17.7 Å². The largest absolute Gasteiger partial charge is 0.370 e. The Morgan fingerprint density at radius 1 is 1.25 bits per heavy atom. The van der Waals surface area contributed by atoms with E-state index in [1.54, 1.807) is 6.07 Å². The number of nitriles is 1. The summed E-state index contributed by atoms with van der Waals surface area (Å²) in [6, 6.07) is 15.5. The van der Waals surface area contributed by atoms with Crippen molar-refractivity contribution in [2.75, 3.05) is 11.9 Å². The molecular formula is C17H16N2O. The predicted octanol–water partition coefficient (Wildman–Crippen LogP) is 3.32. The molecule has 20 heavy (non-hydrogen) atoms. The Balaban J connectivity index is 2.26. The van der Waals surface area contributed by atoms with E-state index in [9.17, 15) is 4.79 Å². The number of anilines is 1. The highest BCUT2D eigenvalue weighted by Crippen LogP contribution is 2.21. The third kappa shape index (κ3) is 3.04. The Morgan fingerprint density at radius 3 is 2.75 bits per heavy atom. The number of nitrogens with zero attached hydrogens (tertiary/aromatic N) is 2. The average Bonchev–Trinajstić information content (AvgIpc) is 2.47. The maximum atomic E-state index is 11.2. The second-order valence-electron chi connectivity index (χ2n) is 4.85. The molecule has 0 heterocycles. The zero-order chi connectivity index (χ0) is 14.5. The van der Waals surface area contributed by atoms with Gasteiger partial charge in [-0.3, -0.25) is 4.79 Å². The van der Waals surface area contributed by atoms with Crippen LogP contribution in [-0.2, 0) is 6.54 Å². The number of carbonyl (C=O) groups is 1. The van der Waals surface area contributed by atoms with Gasteiger partial charge in [0.25, 0.3) is 0 Å². The fraction of sp³-hybridized carbons (Fsp3) is 0.176. The molecule has 0 aliphatic carbocycles. The molecule has 3 nitrogen and oxygen atoms in total. The highest BCUT2D eigenvalue weighted by Gasteiger charge is 2.08. The van der Waals surface area contributed by atoms with Crippen molar-refractivity contribution in [3.63, 3.8) is 0 Å². The molecule has 0 amide bonds. The molecule has 100 valence electrons. The van der Waals surface area contributed by atoms with Crippen molar-refractivity contribution in [2.24, 2.45) is 0 Å². The van der Waals surface area contributed by atoms with Gasteiger partial charge in [-0.05, 0) is 36.8 Å². The molecule has 0 bridgehead atoms. The van der Waals surface area contributed by atoms with Gasteiger partial charge in [0.2, 0.25) is 0 Å². The lowest BCUT2D eigenvalue weighted by molar-refractivity contribution is 0.112. The molecule has 0 saturated carbocycles. The molecule has 0 N–H and O–H groups in total. The normalized spacial score (nSPS) is 9.85. The van der Waals surface area contributed by atoms with Crippen LogP contribution in [0, 0.1) is 18.3 Å². The SMILES string of the molecule is Cc1ccc(N(C)Cc2cccc(C#N)c2)c(C=O)c1. The number of aldehydes is 1. The maximum absolute atomic E-state index is 11.2. The average molecular weight is 264 g/mol. The van der Waals surface area contributed by atoms with Crippen molar-refractivity contribution in [1.29, 1.82) is 5.26 Å². The van der Waals surface area contributed by atoms with Gasteiger partial charge in [-0.25, -0.2) is 0 Å². The molecule has 3 heteroatoms. The van der Waals surface area contributed by atoms with Gasteiger partial charge in [0.15, 0.2) is 6.29 Å². The minimum Gasteiger partial charge on any atom is -0.370 e. The molecule has 2 aromatic rings. The summed E-state index contributed by atoms with van der Waals surface area (Å²) < 4.78 is 0. The van der Waals surface area contributed by atoms with Crippen molar-refractivity contribution in [2.45, 2.75) is 13.5 Å². The maximum Gasteiger partial charge on any atom is 0.152 e. The summed E-state index contributed by atoms with van der Waals surface area (Å²) in [7, 11) is 1.94. The number of carbonyl (C=O) groups excluding carboxylic acids is 1. The van der Waals surface area contributed by atoms with Gasteiger partial charge in [0.1, 0.15) is 0 Å². The van der Waals surface area contributed by atoms with Crippen LogP contribution in [0.25, 0.3) is 0 Å². The quantitative estimate of drug-likeness (QED) is 0.796. The van der Waals surface area contributed by atoms with E-state index < -0.39 is 0 Å². The monoisotopic (exact) mass is 264 g/mol. The molecule has 0 spiro atoms. The number of aryl methyl sites for hydroxylation is 1. The standard InChI is InChI=1S/C17H16N2O/c1-13-6-7-17(16(8-13)12-20)19(2)11-15-5-3-4-14(9-15)10-18/h3-9,12H,11H2,1-2H3. The van der Waals surface area contributed by atoms with Crippen LogP contribution in [0.1, 0.15) is 27.0 Å². The lowest BCUT2D eigenvalue weighted by Crippen LogP contribution is -2.18. The molecule has 0 atom stereocenters. The minimum absolute atomic E-state index is 0.649. The smallest absolute Gasteiger partial charge is 0.152 e. The zero-order valence-electron chi connectivity index (χ0n) is 11.6. The van der Waals surface area contributed by atoms with Gasteiger partial charge >= 0.3 is 0 Å². The van der Waals surface area contributed by atoms with Crippen molar-refractivity contribution < 1.29 is 4.79 Å². The summed E-state index contributed by atoms with van der Waals surface area (Å²) in [6.07, 6.45) is 0.879. The molecule has 2 rings (SSSR count). The third-order valence-corrected chi connectivity index (χ3v) is 3.20. The summed E-state index contributed by atoms with van der Waals surface area (Å²) in [4.78, 5) is 13.2. The summed E-state index contributed by atoms with van der Waals surface area (Å²) >= 11 is 0. The number of hydrogen-bond acceptors (Lipinski definition) is 3. The van der Waals surface area contributed by atoms with Crippen LogP contribution in [0.15, 0.2) is 42.5 Å². The van der Waals surface area contributed by atoms with Crippen molar-refractivity contribution in [3.8, 4) is 6.07 Å². The van der Waals surface area contributed by atoms with E-state index in [2.05, 4.69) is 6.07 Å². The topological polar surface area (TPSA) is 44.1 Å².